The van der Waals surface area contributed by atoms with Crippen molar-refractivity contribution in [3.05, 3.63) is 59.9 Å². The molecule has 1 fully saturated rings. The lowest BCUT2D eigenvalue weighted by atomic mass is 9.94. The first kappa shape index (κ1) is 27.3. The van der Waals surface area contributed by atoms with Gasteiger partial charge in [0, 0.05) is 24.7 Å². The zero-order valence-corrected chi connectivity index (χ0v) is 21.1. The topological polar surface area (TPSA) is 123 Å². The van der Waals surface area contributed by atoms with Gasteiger partial charge in [0.05, 0.1) is 22.4 Å². The lowest BCUT2D eigenvalue weighted by molar-refractivity contribution is 0.0987. The molecule has 3 rings (SSSR count). The highest BCUT2D eigenvalue weighted by Gasteiger charge is 2.37. The van der Waals surface area contributed by atoms with Crippen molar-refractivity contribution >= 4 is 21.6 Å². The molecule has 4 N–H and O–H groups in total. The molecule has 3 unspecified atom stereocenters. The third-order valence-electron chi connectivity index (χ3n) is 5.64. The van der Waals surface area contributed by atoms with Gasteiger partial charge in [0.25, 0.3) is 0 Å². The van der Waals surface area contributed by atoms with Gasteiger partial charge in [-0.15, -0.1) is 11.6 Å². The van der Waals surface area contributed by atoms with Crippen molar-refractivity contribution in [1.82, 2.24) is 15.4 Å². The molecule has 0 aliphatic carbocycles. The highest BCUT2D eigenvalue weighted by Crippen LogP contribution is 2.21. The minimum absolute atomic E-state index is 0.00711. The van der Waals surface area contributed by atoms with Gasteiger partial charge in [-0.05, 0) is 50.1 Å². The van der Waals surface area contributed by atoms with Gasteiger partial charge < -0.3 is 15.2 Å². The molecule has 2 aromatic carbocycles. The summed E-state index contributed by atoms with van der Waals surface area (Å²) in [4.78, 5) is -0.00711. The third-order valence-corrected chi connectivity index (χ3v) is 7.68. The summed E-state index contributed by atoms with van der Waals surface area (Å²) >= 11 is 6.18. The van der Waals surface area contributed by atoms with Crippen LogP contribution in [-0.4, -0.2) is 62.3 Å². The lowest BCUT2D eigenvalue weighted by Crippen LogP contribution is -2.46. The molecule has 1 saturated heterocycles. The maximum absolute atomic E-state index is 13.1. The number of sulfonamides is 1. The van der Waals surface area contributed by atoms with E-state index in [1.165, 1.54) is 24.3 Å². The normalized spacial score (nSPS) is 21.4. The summed E-state index contributed by atoms with van der Waals surface area (Å²) in [6.07, 6.45) is -0.201. The van der Waals surface area contributed by atoms with E-state index >= 15 is 0 Å². The second-order valence-corrected chi connectivity index (χ2v) is 11.4. The summed E-state index contributed by atoms with van der Waals surface area (Å²) < 4.78 is 46.8. The van der Waals surface area contributed by atoms with Crippen LogP contribution in [0.15, 0.2) is 53.4 Å². The van der Waals surface area contributed by atoms with Crippen LogP contribution in [0.3, 0.4) is 0 Å². The van der Waals surface area contributed by atoms with Gasteiger partial charge in [-0.1, -0.05) is 18.2 Å². The van der Waals surface area contributed by atoms with E-state index < -0.39 is 33.6 Å². The number of ether oxygens (including phenoxy) is 1. The predicted molar refractivity (Wildman–Crippen MR) is 131 cm³/mol. The number of β-amino-alcohol motifs (C(OH)–C–C–N with tert-alkyl or cyclic N) is 1. The van der Waals surface area contributed by atoms with Gasteiger partial charge in [0.2, 0.25) is 10.0 Å². The number of rotatable bonds is 11. The zero-order valence-electron chi connectivity index (χ0n) is 19.5. The highest BCUT2D eigenvalue weighted by atomic mass is 35.5. The number of alkyl halides is 1. The summed E-state index contributed by atoms with van der Waals surface area (Å²) in [6.45, 7) is 4.42. The molecule has 1 aliphatic heterocycles. The van der Waals surface area contributed by atoms with Gasteiger partial charge in [-0.2, -0.15) is 5.26 Å². The summed E-state index contributed by atoms with van der Waals surface area (Å²) in [7, 11) is -3.89. The van der Waals surface area contributed by atoms with E-state index in [9.17, 15) is 17.9 Å². The molecular formula is C24H30ClFN4O4S. The molecule has 0 aromatic heterocycles. The number of aliphatic hydroxyl groups is 1. The monoisotopic (exact) mass is 524 g/mol. The van der Waals surface area contributed by atoms with Crippen molar-refractivity contribution in [3.63, 3.8) is 0 Å². The van der Waals surface area contributed by atoms with E-state index in [2.05, 4.69) is 15.4 Å². The lowest BCUT2D eigenvalue weighted by Gasteiger charge is -2.28. The van der Waals surface area contributed by atoms with Crippen LogP contribution in [0.25, 0.3) is 0 Å². The number of nitrogens with one attached hydrogen (secondary N) is 3. The number of nitriles is 1. The molecule has 190 valence electrons. The largest absolute Gasteiger partial charge is 0.491 e. The summed E-state index contributed by atoms with van der Waals surface area (Å²) in [5.74, 6) is 0.00512. The smallest absolute Gasteiger partial charge is 0.241 e. The number of halogens is 2. The van der Waals surface area contributed by atoms with Crippen LogP contribution in [0.1, 0.15) is 19.4 Å². The summed E-state index contributed by atoms with van der Waals surface area (Å²) in [6, 6.07) is 13.0. The average Bonchev–Trinajstić information content (AvgIpc) is 3.16. The fourth-order valence-corrected chi connectivity index (χ4v) is 5.42. The molecular weight excluding hydrogens is 495 g/mol. The first-order chi connectivity index (χ1) is 16.5. The van der Waals surface area contributed by atoms with Gasteiger partial charge in [-0.3, -0.25) is 5.32 Å². The molecule has 0 amide bonds. The van der Waals surface area contributed by atoms with Gasteiger partial charge in [0.1, 0.15) is 30.3 Å². The van der Waals surface area contributed by atoms with E-state index in [0.717, 1.165) is 5.56 Å². The standard InChI is InChI=1S/C24H30ClFN4O4S/c1-24(2,11-16-6-8-17(26)9-7-16)29-13-18(31)15-34-19-4-3-5-20(10-19)35(32,33)30-22-14-28-21(12-27)23(22)25/h3-10,18,21-23,28-31H,11,13-15H2,1-2H3/t18-,21?,22?,23?/m1/s1. The Labute approximate surface area is 210 Å². The molecule has 1 aliphatic rings. The Morgan fingerprint density at radius 3 is 2.69 bits per heavy atom. The van der Waals surface area contributed by atoms with Crippen LogP contribution >= 0.6 is 11.6 Å². The van der Waals surface area contributed by atoms with Crippen LogP contribution in [0.4, 0.5) is 4.39 Å². The van der Waals surface area contributed by atoms with E-state index in [1.54, 1.807) is 24.3 Å². The third kappa shape index (κ3) is 7.87. The van der Waals surface area contributed by atoms with Crippen molar-refractivity contribution < 1.29 is 22.7 Å². The molecule has 4 atom stereocenters. The maximum atomic E-state index is 13.1. The van der Waals surface area contributed by atoms with Gasteiger partial charge in [-0.25, -0.2) is 17.5 Å². The van der Waals surface area contributed by atoms with Crippen LogP contribution in [0.2, 0.25) is 0 Å². The second kappa shape index (κ2) is 11.6. The number of hydrogen-bond acceptors (Lipinski definition) is 7. The molecule has 8 nitrogen and oxygen atoms in total. The van der Waals surface area contributed by atoms with E-state index in [1.807, 2.05) is 19.9 Å². The van der Waals surface area contributed by atoms with Crippen LogP contribution < -0.4 is 20.1 Å². The molecule has 1 heterocycles. The predicted octanol–water partition coefficient (Wildman–Crippen LogP) is 1.93. The van der Waals surface area contributed by atoms with Crippen molar-refractivity contribution in [1.29, 1.82) is 5.26 Å². The SMILES string of the molecule is CC(C)(Cc1ccc(F)cc1)NC[C@@H](O)COc1cccc(S(=O)(=O)NC2CNC(C#N)C2Cl)c1. The van der Waals surface area contributed by atoms with E-state index in [0.29, 0.717) is 12.2 Å². The van der Waals surface area contributed by atoms with Crippen molar-refractivity contribution in [2.45, 2.75) is 54.3 Å². The number of aliphatic hydroxyl groups excluding tert-OH is 1. The van der Waals surface area contributed by atoms with E-state index in [4.69, 9.17) is 21.6 Å². The second-order valence-electron chi connectivity index (χ2n) is 9.19. The Morgan fingerprint density at radius 2 is 2.03 bits per heavy atom. The maximum Gasteiger partial charge on any atom is 0.241 e. The molecule has 0 radical (unpaired) electrons. The quantitative estimate of drug-likeness (QED) is 0.331. The number of benzene rings is 2. The minimum Gasteiger partial charge on any atom is -0.491 e. The Morgan fingerprint density at radius 1 is 1.31 bits per heavy atom. The number of hydrogen-bond donors (Lipinski definition) is 4. The van der Waals surface area contributed by atoms with Crippen LogP contribution in [0.5, 0.6) is 5.75 Å². The molecule has 35 heavy (non-hydrogen) atoms. The summed E-state index contributed by atoms with van der Waals surface area (Å²) in [5.41, 5.74) is 0.622. The van der Waals surface area contributed by atoms with Crippen molar-refractivity contribution in [2.75, 3.05) is 19.7 Å². The summed E-state index contributed by atoms with van der Waals surface area (Å²) in [5, 5.41) is 24.9. The molecule has 0 bridgehead atoms. The highest BCUT2D eigenvalue weighted by molar-refractivity contribution is 7.89. The molecule has 2 aromatic rings. The first-order valence-electron chi connectivity index (χ1n) is 11.2. The van der Waals surface area contributed by atoms with Crippen molar-refractivity contribution in [2.24, 2.45) is 0 Å². The molecule has 11 heteroatoms. The van der Waals surface area contributed by atoms with Crippen LogP contribution in [0, 0.1) is 17.1 Å². The minimum atomic E-state index is -3.89. The molecule has 0 spiro atoms. The van der Waals surface area contributed by atoms with E-state index in [-0.39, 0.29) is 35.9 Å². The van der Waals surface area contributed by atoms with Crippen molar-refractivity contribution in [3.8, 4) is 11.8 Å². The Hall–Kier alpha value is -2.26. The molecule has 0 saturated carbocycles. The Kier molecular flexibility index (Phi) is 9.10. The fraction of sp³-hybridized carbons (Fsp3) is 0.458. The fourth-order valence-electron chi connectivity index (χ4n) is 3.75. The number of nitrogens with zero attached hydrogens (tertiary/aromatic N) is 1. The Balaban J connectivity index is 1.51. The van der Waals surface area contributed by atoms with Crippen LogP contribution in [-0.2, 0) is 16.4 Å². The Bertz CT molecular complexity index is 1140. The average molecular weight is 525 g/mol. The van der Waals surface area contributed by atoms with Gasteiger partial charge >= 0.3 is 0 Å². The zero-order chi connectivity index (χ0) is 25.6. The first-order valence-corrected chi connectivity index (χ1v) is 13.1. The van der Waals surface area contributed by atoms with Gasteiger partial charge in [0.15, 0.2) is 0 Å².